The van der Waals surface area contributed by atoms with Crippen molar-refractivity contribution in [3.05, 3.63) is 18.0 Å². The number of nitrogens with zero attached hydrogens (tertiary/aromatic N) is 3. The van der Waals surface area contributed by atoms with Gasteiger partial charge < -0.3 is 10.1 Å². The third kappa shape index (κ3) is 4.53. The first-order valence-electron chi connectivity index (χ1n) is 8.32. The highest BCUT2D eigenvalue weighted by molar-refractivity contribution is 5.03. The van der Waals surface area contributed by atoms with Crippen LogP contribution in [0.15, 0.2) is 12.4 Å². The zero-order chi connectivity index (χ0) is 14.5. The molecule has 1 aromatic rings. The third-order valence-corrected chi connectivity index (χ3v) is 4.77. The van der Waals surface area contributed by atoms with Crippen molar-refractivity contribution < 1.29 is 4.74 Å². The van der Waals surface area contributed by atoms with Crippen molar-refractivity contribution >= 4 is 0 Å². The number of morpholine rings is 1. The summed E-state index contributed by atoms with van der Waals surface area (Å²) >= 11 is 0. The molecule has 5 heteroatoms. The Hall–Kier alpha value is -0.910. The molecule has 0 saturated carbocycles. The molecule has 118 valence electrons. The van der Waals surface area contributed by atoms with Gasteiger partial charge in [-0.25, -0.2) is 0 Å². The minimum atomic E-state index is 0.451. The van der Waals surface area contributed by atoms with Crippen molar-refractivity contribution in [2.45, 2.75) is 38.3 Å². The molecule has 5 nitrogen and oxygen atoms in total. The van der Waals surface area contributed by atoms with Crippen molar-refractivity contribution in [1.82, 2.24) is 20.0 Å². The van der Waals surface area contributed by atoms with Gasteiger partial charge in [-0.15, -0.1) is 0 Å². The van der Waals surface area contributed by atoms with E-state index in [-0.39, 0.29) is 0 Å². The van der Waals surface area contributed by atoms with Gasteiger partial charge in [-0.3, -0.25) is 9.58 Å². The monoisotopic (exact) mass is 292 g/mol. The zero-order valence-electron chi connectivity index (χ0n) is 13.1. The summed E-state index contributed by atoms with van der Waals surface area (Å²) in [5, 5.41) is 7.67. The first kappa shape index (κ1) is 15.0. The van der Waals surface area contributed by atoms with Gasteiger partial charge >= 0.3 is 0 Å². The molecule has 1 atom stereocenters. The molecule has 0 aromatic carbocycles. The van der Waals surface area contributed by atoms with E-state index >= 15 is 0 Å². The van der Waals surface area contributed by atoms with Crippen LogP contribution in [0.2, 0.25) is 0 Å². The SMILES string of the molecule is Cn1cc(CN2CCC(CCC3CNCCO3)CC2)cn1. The number of nitrogens with one attached hydrogen (secondary N) is 1. The number of aromatic nitrogens is 2. The summed E-state index contributed by atoms with van der Waals surface area (Å²) < 4.78 is 7.68. The summed E-state index contributed by atoms with van der Waals surface area (Å²) in [5.74, 6) is 0.890. The molecule has 0 spiro atoms. The van der Waals surface area contributed by atoms with E-state index < -0.39 is 0 Å². The molecule has 3 heterocycles. The maximum absolute atomic E-state index is 5.79. The largest absolute Gasteiger partial charge is 0.376 e. The second kappa shape index (κ2) is 7.38. The Labute approximate surface area is 127 Å². The van der Waals surface area contributed by atoms with Gasteiger partial charge in [0.1, 0.15) is 0 Å². The van der Waals surface area contributed by atoms with E-state index in [2.05, 4.69) is 21.5 Å². The second-order valence-corrected chi connectivity index (χ2v) is 6.52. The molecule has 2 saturated heterocycles. The van der Waals surface area contributed by atoms with Gasteiger partial charge in [0.15, 0.2) is 0 Å². The van der Waals surface area contributed by atoms with Crippen molar-refractivity contribution in [1.29, 1.82) is 0 Å². The first-order chi connectivity index (χ1) is 10.3. The molecule has 0 amide bonds. The molecule has 2 aliphatic heterocycles. The molecule has 2 fully saturated rings. The average Bonchev–Trinajstić information content (AvgIpc) is 2.93. The normalized spacial score (nSPS) is 25.3. The smallest absolute Gasteiger partial charge is 0.0700 e. The molecule has 1 unspecified atom stereocenters. The Kier molecular flexibility index (Phi) is 5.27. The predicted molar refractivity (Wildman–Crippen MR) is 83.1 cm³/mol. The minimum absolute atomic E-state index is 0.451. The highest BCUT2D eigenvalue weighted by Gasteiger charge is 2.21. The number of hydrogen-bond donors (Lipinski definition) is 1. The summed E-state index contributed by atoms with van der Waals surface area (Å²) in [6.45, 7) is 6.44. The van der Waals surface area contributed by atoms with Gasteiger partial charge in [0.2, 0.25) is 0 Å². The standard InChI is InChI=1S/C16H28N4O/c1-19-12-15(10-18-19)13-20-7-4-14(5-8-20)2-3-16-11-17-6-9-21-16/h10,12,14,16-17H,2-9,11,13H2,1H3. The lowest BCUT2D eigenvalue weighted by Crippen LogP contribution is -2.39. The lowest BCUT2D eigenvalue weighted by molar-refractivity contribution is 0.0175. The van der Waals surface area contributed by atoms with Crippen molar-refractivity contribution in [2.24, 2.45) is 13.0 Å². The minimum Gasteiger partial charge on any atom is -0.376 e. The molecular weight excluding hydrogens is 264 g/mol. The highest BCUT2D eigenvalue weighted by atomic mass is 16.5. The van der Waals surface area contributed by atoms with E-state index in [0.717, 1.165) is 32.2 Å². The maximum Gasteiger partial charge on any atom is 0.0700 e. The number of aryl methyl sites for hydroxylation is 1. The van der Waals surface area contributed by atoms with Crippen molar-refractivity contribution in [2.75, 3.05) is 32.8 Å². The van der Waals surface area contributed by atoms with Crippen LogP contribution in [0, 0.1) is 5.92 Å². The zero-order valence-corrected chi connectivity index (χ0v) is 13.1. The van der Waals surface area contributed by atoms with E-state index in [1.807, 2.05) is 17.9 Å². The Bertz CT molecular complexity index is 420. The van der Waals surface area contributed by atoms with Crippen LogP contribution in [0.1, 0.15) is 31.2 Å². The topological polar surface area (TPSA) is 42.3 Å². The van der Waals surface area contributed by atoms with E-state index in [0.29, 0.717) is 6.10 Å². The number of ether oxygens (including phenoxy) is 1. The van der Waals surface area contributed by atoms with Crippen LogP contribution in [0.3, 0.4) is 0 Å². The molecule has 3 rings (SSSR count). The predicted octanol–water partition coefficient (Wildman–Crippen LogP) is 1.40. The van der Waals surface area contributed by atoms with E-state index in [4.69, 9.17) is 4.74 Å². The first-order valence-corrected chi connectivity index (χ1v) is 8.32. The average molecular weight is 292 g/mol. The van der Waals surface area contributed by atoms with Crippen LogP contribution in [-0.4, -0.2) is 53.6 Å². The van der Waals surface area contributed by atoms with E-state index in [1.54, 1.807) is 0 Å². The molecule has 0 bridgehead atoms. The van der Waals surface area contributed by atoms with E-state index in [1.165, 1.54) is 44.3 Å². The number of rotatable bonds is 5. The fourth-order valence-corrected chi connectivity index (χ4v) is 3.47. The number of likely N-dealkylation sites (tertiary alicyclic amines) is 1. The van der Waals surface area contributed by atoms with Gasteiger partial charge in [-0.05, 0) is 44.7 Å². The van der Waals surface area contributed by atoms with Crippen molar-refractivity contribution in [3.8, 4) is 0 Å². The van der Waals surface area contributed by atoms with Gasteiger partial charge in [-0.2, -0.15) is 5.10 Å². The third-order valence-electron chi connectivity index (χ3n) is 4.77. The Balaban J connectivity index is 1.34. The van der Waals surface area contributed by atoms with E-state index in [9.17, 15) is 0 Å². The summed E-state index contributed by atoms with van der Waals surface area (Å²) in [5.41, 5.74) is 1.33. The molecular formula is C16H28N4O. The molecule has 21 heavy (non-hydrogen) atoms. The number of piperidine rings is 1. The molecule has 0 radical (unpaired) electrons. The Morgan fingerprint density at radius 1 is 1.33 bits per heavy atom. The summed E-state index contributed by atoms with van der Waals surface area (Å²) in [6.07, 6.45) is 9.78. The highest BCUT2D eigenvalue weighted by Crippen LogP contribution is 2.24. The Morgan fingerprint density at radius 2 is 2.19 bits per heavy atom. The van der Waals surface area contributed by atoms with Crippen LogP contribution in [0.25, 0.3) is 0 Å². The maximum atomic E-state index is 5.79. The Morgan fingerprint density at radius 3 is 2.86 bits per heavy atom. The second-order valence-electron chi connectivity index (χ2n) is 6.52. The van der Waals surface area contributed by atoms with Crippen molar-refractivity contribution in [3.63, 3.8) is 0 Å². The van der Waals surface area contributed by atoms with Crippen LogP contribution in [0.4, 0.5) is 0 Å². The summed E-state index contributed by atoms with van der Waals surface area (Å²) in [4.78, 5) is 2.56. The van der Waals surface area contributed by atoms with Gasteiger partial charge in [0, 0.05) is 38.4 Å². The van der Waals surface area contributed by atoms with Crippen LogP contribution >= 0.6 is 0 Å². The molecule has 1 N–H and O–H groups in total. The summed E-state index contributed by atoms with van der Waals surface area (Å²) in [6, 6.07) is 0. The van der Waals surface area contributed by atoms with Crippen LogP contribution in [-0.2, 0) is 18.3 Å². The molecule has 0 aliphatic carbocycles. The molecule has 2 aliphatic rings. The van der Waals surface area contributed by atoms with Gasteiger partial charge in [0.25, 0.3) is 0 Å². The molecule has 1 aromatic heterocycles. The fraction of sp³-hybridized carbons (Fsp3) is 0.812. The van der Waals surface area contributed by atoms with Crippen LogP contribution in [0.5, 0.6) is 0 Å². The van der Waals surface area contributed by atoms with Gasteiger partial charge in [-0.1, -0.05) is 0 Å². The number of hydrogen-bond acceptors (Lipinski definition) is 4. The lowest BCUT2D eigenvalue weighted by Gasteiger charge is -2.32. The lowest BCUT2D eigenvalue weighted by atomic mass is 9.91. The quantitative estimate of drug-likeness (QED) is 0.891. The van der Waals surface area contributed by atoms with Gasteiger partial charge in [0.05, 0.1) is 18.9 Å². The summed E-state index contributed by atoms with van der Waals surface area (Å²) in [7, 11) is 1.98. The fourth-order valence-electron chi connectivity index (χ4n) is 3.47. The van der Waals surface area contributed by atoms with Crippen LogP contribution < -0.4 is 5.32 Å².